The van der Waals surface area contributed by atoms with Gasteiger partial charge in [-0.2, -0.15) is 23.3 Å². The molecule has 1 aliphatic rings. The minimum atomic E-state index is -4.56. The summed E-state index contributed by atoms with van der Waals surface area (Å²) in [6, 6.07) is 0. The van der Waals surface area contributed by atoms with E-state index in [-0.39, 0.29) is 24.2 Å². The van der Waals surface area contributed by atoms with Crippen LogP contribution in [0.1, 0.15) is 31.5 Å². The first-order valence-corrected chi connectivity index (χ1v) is 8.83. The zero-order chi connectivity index (χ0) is 20.7. The van der Waals surface area contributed by atoms with Crippen molar-refractivity contribution in [1.29, 1.82) is 0 Å². The molecule has 1 amide bonds. The van der Waals surface area contributed by atoms with Crippen LogP contribution in [0.2, 0.25) is 0 Å². The Morgan fingerprint density at radius 2 is 2.07 bits per heavy atom. The number of carbonyl (C=O) groups excluding carboxylic acids is 1. The van der Waals surface area contributed by atoms with Crippen LogP contribution in [0.15, 0.2) is 12.4 Å². The van der Waals surface area contributed by atoms with Crippen molar-refractivity contribution < 1.29 is 18.0 Å². The number of rotatable bonds is 5. The number of nitrogens with zero attached hydrogens (tertiary/aromatic N) is 5. The van der Waals surface area contributed by atoms with E-state index in [1.807, 2.05) is 6.92 Å². The Hall–Kier alpha value is -2.85. The van der Waals surface area contributed by atoms with Gasteiger partial charge in [0.05, 0.1) is 17.6 Å². The van der Waals surface area contributed by atoms with Crippen LogP contribution in [-0.2, 0) is 16.5 Å². The lowest BCUT2D eigenvalue weighted by Gasteiger charge is -2.22. The zero-order valence-electron chi connectivity index (χ0n) is 16.1. The van der Waals surface area contributed by atoms with Crippen molar-refractivity contribution in [3.8, 4) is 0 Å². The molecule has 0 bridgehead atoms. The van der Waals surface area contributed by atoms with E-state index in [9.17, 15) is 18.0 Å². The quantitative estimate of drug-likeness (QED) is 0.807. The fraction of sp³-hybridized carbons (Fsp3) is 0.529. The van der Waals surface area contributed by atoms with Crippen molar-refractivity contribution in [2.75, 3.05) is 30.8 Å². The number of carbonyl (C=O) groups is 1. The van der Waals surface area contributed by atoms with E-state index in [2.05, 4.69) is 25.7 Å². The second-order valence-corrected chi connectivity index (χ2v) is 6.93. The number of aromatic nitrogens is 4. The summed E-state index contributed by atoms with van der Waals surface area (Å²) in [7, 11) is 1.74. The molecule has 28 heavy (non-hydrogen) atoms. The molecule has 1 unspecified atom stereocenters. The van der Waals surface area contributed by atoms with Crippen molar-refractivity contribution >= 4 is 23.4 Å². The van der Waals surface area contributed by atoms with E-state index >= 15 is 0 Å². The van der Waals surface area contributed by atoms with Crippen molar-refractivity contribution in [3.63, 3.8) is 0 Å². The summed E-state index contributed by atoms with van der Waals surface area (Å²) in [5.41, 5.74) is -0.627. The number of halogens is 3. The van der Waals surface area contributed by atoms with Crippen LogP contribution in [0.25, 0.3) is 0 Å². The lowest BCUT2D eigenvalue weighted by Crippen LogP contribution is -2.39. The normalized spacial score (nSPS) is 20.0. The van der Waals surface area contributed by atoms with Crippen molar-refractivity contribution in [3.05, 3.63) is 23.7 Å². The van der Waals surface area contributed by atoms with Gasteiger partial charge in [-0.3, -0.25) is 9.48 Å². The van der Waals surface area contributed by atoms with Crippen LogP contribution in [0.5, 0.6) is 0 Å². The lowest BCUT2D eigenvalue weighted by atomic mass is 10.0. The summed E-state index contributed by atoms with van der Waals surface area (Å²) >= 11 is 0. The molecule has 2 N–H and O–H groups in total. The van der Waals surface area contributed by atoms with E-state index < -0.39 is 17.3 Å². The summed E-state index contributed by atoms with van der Waals surface area (Å²) in [4.78, 5) is 21.8. The van der Waals surface area contributed by atoms with Gasteiger partial charge in [0.25, 0.3) is 0 Å². The minimum absolute atomic E-state index is 0.00613. The summed E-state index contributed by atoms with van der Waals surface area (Å²) in [5.74, 6) is -0.328. The number of nitrogens with one attached hydrogen (secondary N) is 2. The number of likely N-dealkylation sites (N-methyl/N-ethyl adjacent to an activating group) is 1. The molecule has 3 rings (SSSR count). The third-order valence-corrected chi connectivity index (χ3v) is 4.83. The first-order valence-electron chi connectivity index (χ1n) is 8.83. The number of amides is 1. The highest BCUT2D eigenvalue weighted by Crippen LogP contribution is 2.35. The van der Waals surface area contributed by atoms with Gasteiger partial charge in [0.2, 0.25) is 11.9 Å². The van der Waals surface area contributed by atoms with Gasteiger partial charge in [0.15, 0.2) is 0 Å². The van der Waals surface area contributed by atoms with Crippen molar-refractivity contribution in [1.82, 2.24) is 24.6 Å². The topological polar surface area (TPSA) is 88.0 Å². The highest BCUT2D eigenvalue weighted by Gasteiger charge is 2.44. The minimum Gasteiger partial charge on any atom is -0.370 e. The number of alkyl halides is 3. The largest absolute Gasteiger partial charge is 0.421 e. The van der Waals surface area contributed by atoms with Gasteiger partial charge in [-0.15, -0.1) is 0 Å². The molecular formula is C17H22F3N7O. The van der Waals surface area contributed by atoms with Gasteiger partial charge in [-0.25, -0.2) is 4.98 Å². The second-order valence-electron chi connectivity index (χ2n) is 6.93. The third-order valence-electron chi connectivity index (χ3n) is 4.83. The van der Waals surface area contributed by atoms with E-state index in [1.165, 1.54) is 0 Å². The monoisotopic (exact) mass is 397 g/mol. The first kappa shape index (κ1) is 19.9. The van der Waals surface area contributed by atoms with Gasteiger partial charge in [0.1, 0.15) is 16.9 Å². The Labute approximate surface area is 160 Å². The maximum Gasteiger partial charge on any atom is 0.421 e. The van der Waals surface area contributed by atoms with Gasteiger partial charge in [-0.1, -0.05) is 0 Å². The smallest absolute Gasteiger partial charge is 0.370 e. The van der Waals surface area contributed by atoms with Crippen LogP contribution in [0.3, 0.4) is 0 Å². The molecule has 3 heterocycles. The molecule has 0 aromatic carbocycles. The van der Waals surface area contributed by atoms with Gasteiger partial charge in [-0.05, 0) is 27.2 Å². The van der Waals surface area contributed by atoms with E-state index in [0.717, 1.165) is 6.20 Å². The fourth-order valence-electron chi connectivity index (χ4n) is 3.13. The highest BCUT2D eigenvalue weighted by molar-refractivity contribution is 5.86. The zero-order valence-corrected chi connectivity index (χ0v) is 16.1. The molecule has 0 radical (unpaired) electrons. The average molecular weight is 397 g/mol. The third kappa shape index (κ3) is 3.48. The van der Waals surface area contributed by atoms with Crippen LogP contribution >= 0.6 is 0 Å². The summed E-state index contributed by atoms with van der Waals surface area (Å²) in [6.45, 7) is 6.14. The van der Waals surface area contributed by atoms with Crippen molar-refractivity contribution in [2.24, 2.45) is 0 Å². The number of likely N-dealkylation sites (tertiary alicyclic amines) is 1. The molecule has 1 atom stereocenters. The van der Waals surface area contributed by atoms with E-state index in [4.69, 9.17) is 0 Å². The molecule has 2 aromatic heterocycles. The molecule has 1 saturated heterocycles. The molecule has 1 aliphatic heterocycles. The van der Waals surface area contributed by atoms with Crippen LogP contribution in [0, 0.1) is 6.92 Å². The maximum atomic E-state index is 13.1. The van der Waals surface area contributed by atoms with Crippen LogP contribution in [0.4, 0.5) is 30.6 Å². The number of hydrogen-bond acceptors (Lipinski definition) is 6. The van der Waals surface area contributed by atoms with Gasteiger partial charge >= 0.3 is 6.18 Å². The Morgan fingerprint density at radius 1 is 1.36 bits per heavy atom. The predicted octanol–water partition coefficient (Wildman–Crippen LogP) is 2.75. The number of anilines is 3. The molecule has 0 saturated carbocycles. The lowest BCUT2D eigenvalue weighted by molar-refractivity contribution is -0.137. The van der Waals surface area contributed by atoms with Crippen molar-refractivity contribution in [2.45, 2.75) is 38.9 Å². The molecule has 8 nitrogen and oxygen atoms in total. The summed E-state index contributed by atoms with van der Waals surface area (Å²) in [6.07, 6.45) is -1.55. The summed E-state index contributed by atoms with van der Waals surface area (Å²) < 4.78 is 40.9. The van der Waals surface area contributed by atoms with Crippen LogP contribution in [-0.4, -0.2) is 50.7 Å². The highest BCUT2D eigenvalue weighted by atomic mass is 19.4. The molecule has 0 aliphatic carbocycles. The molecule has 0 spiro atoms. The van der Waals surface area contributed by atoms with E-state index in [1.54, 1.807) is 36.7 Å². The Kier molecular flexibility index (Phi) is 4.94. The SMILES string of the molecule is CCNc1nc(Nc2cn(C3(C)CCN(C)C3=O)nc2C)ncc1C(F)(F)F. The summed E-state index contributed by atoms with van der Waals surface area (Å²) in [5, 5.41) is 9.92. The molecule has 152 valence electrons. The second kappa shape index (κ2) is 6.95. The molecule has 11 heteroatoms. The average Bonchev–Trinajstić information content (AvgIpc) is 3.11. The Bertz CT molecular complexity index is 895. The van der Waals surface area contributed by atoms with Gasteiger partial charge < -0.3 is 15.5 Å². The van der Waals surface area contributed by atoms with E-state index in [0.29, 0.717) is 24.3 Å². The molecule has 1 fully saturated rings. The van der Waals surface area contributed by atoms with Crippen LogP contribution < -0.4 is 10.6 Å². The maximum absolute atomic E-state index is 13.1. The number of hydrogen-bond donors (Lipinski definition) is 2. The molecule has 2 aromatic rings. The predicted molar refractivity (Wildman–Crippen MR) is 97.3 cm³/mol. The first-order chi connectivity index (χ1) is 13.1. The Balaban J connectivity index is 1.90. The van der Waals surface area contributed by atoms with Gasteiger partial charge in [0, 0.05) is 26.3 Å². The molecular weight excluding hydrogens is 375 g/mol. The fourth-order valence-corrected chi connectivity index (χ4v) is 3.13. The Morgan fingerprint density at radius 3 is 2.64 bits per heavy atom. The number of aryl methyl sites for hydroxylation is 1. The standard InChI is InChI=1S/C17H22F3N7O/c1-5-21-13-11(17(18,19)20)8-22-15(24-13)23-12-9-27(25-10(12)2)16(3)6-7-26(4)14(16)28/h8-9H,5-7H2,1-4H3,(H2,21,22,23,24).